The van der Waals surface area contributed by atoms with Crippen LogP contribution in [0.15, 0.2) is 0 Å². The maximum atomic E-state index is 10.8. The van der Waals surface area contributed by atoms with E-state index in [1.165, 1.54) is 7.11 Å². The lowest BCUT2D eigenvalue weighted by Gasteiger charge is -2.23. The molecule has 0 aliphatic carbocycles. The van der Waals surface area contributed by atoms with Crippen LogP contribution >= 0.6 is 0 Å². The van der Waals surface area contributed by atoms with Crippen molar-refractivity contribution < 1.29 is 14.6 Å². The molecule has 0 rings (SSSR count). The highest BCUT2D eigenvalue weighted by atomic mass is 16.5. The Kier molecular flexibility index (Phi) is 4.99. The van der Waals surface area contributed by atoms with Gasteiger partial charge >= 0.3 is 5.97 Å². The molecule has 0 saturated heterocycles. The van der Waals surface area contributed by atoms with Crippen molar-refractivity contribution in [3.63, 3.8) is 0 Å². The van der Waals surface area contributed by atoms with E-state index in [9.17, 15) is 4.79 Å². The molecule has 0 bridgehead atoms. The van der Waals surface area contributed by atoms with Gasteiger partial charge in [-0.2, -0.15) is 0 Å². The van der Waals surface area contributed by atoms with Gasteiger partial charge in [-0.05, 0) is 25.7 Å². The average molecular weight is 188 g/mol. The highest BCUT2D eigenvalue weighted by Crippen LogP contribution is 2.19. The van der Waals surface area contributed by atoms with Crippen LogP contribution in [0.25, 0.3) is 0 Å². The Morgan fingerprint density at radius 3 is 2.38 bits per heavy atom. The third-order valence-corrected chi connectivity index (χ3v) is 2.34. The predicted octanol–water partition coefficient (Wildman–Crippen LogP) is 2.30. The molecule has 3 nitrogen and oxygen atoms in total. The van der Waals surface area contributed by atoms with E-state index in [2.05, 4.69) is 13.8 Å². The SMILES string of the molecule is CO[C@@](C)(CCCC(C)C)C(=O)O. The minimum Gasteiger partial charge on any atom is -0.479 e. The molecular weight excluding hydrogens is 168 g/mol. The van der Waals surface area contributed by atoms with Gasteiger partial charge in [-0.1, -0.05) is 20.3 Å². The molecule has 0 radical (unpaired) electrons. The van der Waals surface area contributed by atoms with Crippen LogP contribution in [0.4, 0.5) is 0 Å². The first-order valence-electron chi connectivity index (χ1n) is 4.71. The first-order valence-corrected chi connectivity index (χ1v) is 4.71. The molecule has 0 unspecified atom stereocenters. The van der Waals surface area contributed by atoms with Crippen molar-refractivity contribution in [1.29, 1.82) is 0 Å². The largest absolute Gasteiger partial charge is 0.479 e. The Labute approximate surface area is 80.1 Å². The topological polar surface area (TPSA) is 46.5 Å². The summed E-state index contributed by atoms with van der Waals surface area (Å²) >= 11 is 0. The van der Waals surface area contributed by atoms with Gasteiger partial charge in [-0.15, -0.1) is 0 Å². The molecule has 0 heterocycles. The molecule has 0 aromatic heterocycles. The van der Waals surface area contributed by atoms with Crippen molar-refractivity contribution in [3.05, 3.63) is 0 Å². The summed E-state index contributed by atoms with van der Waals surface area (Å²) in [6, 6.07) is 0. The molecule has 0 aliphatic heterocycles. The molecule has 0 amide bonds. The van der Waals surface area contributed by atoms with Gasteiger partial charge in [0.25, 0.3) is 0 Å². The van der Waals surface area contributed by atoms with Gasteiger partial charge in [-0.3, -0.25) is 0 Å². The van der Waals surface area contributed by atoms with E-state index >= 15 is 0 Å². The van der Waals surface area contributed by atoms with E-state index in [1.54, 1.807) is 6.92 Å². The lowest BCUT2D eigenvalue weighted by molar-refractivity contribution is -0.161. The fourth-order valence-electron chi connectivity index (χ4n) is 1.14. The zero-order chi connectivity index (χ0) is 10.5. The number of carboxylic acid groups (broad SMARTS) is 1. The van der Waals surface area contributed by atoms with Crippen LogP contribution in [0.5, 0.6) is 0 Å². The van der Waals surface area contributed by atoms with Crippen molar-refractivity contribution in [1.82, 2.24) is 0 Å². The smallest absolute Gasteiger partial charge is 0.335 e. The number of carboxylic acids is 1. The van der Waals surface area contributed by atoms with E-state index in [0.29, 0.717) is 12.3 Å². The third-order valence-electron chi connectivity index (χ3n) is 2.34. The summed E-state index contributed by atoms with van der Waals surface area (Å²) in [4.78, 5) is 10.8. The third kappa shape index (κ3) is 4.27. The minimum absolute atomic E-state index is 0.580. The van der Waals surface area contributed by atoms with Crippen LogP contribution in [0.3, 0.4) is 0 Å². The van der Waals surface area contributed by atoms with Crippen LogP contribution in [0, 0.1) is 5.92 Å². The maximum Gasteiger partial charge on any atom is 0.335 e. The molecule has 1 atom stereocenters. The number of hydrogen-bond donors (Lipinski definition) is 1. The Balaban J connectivity index is 3.92. The molecule has 13 heavy (non-hydrogen) atoms. The number of rotatable bonds is 6. The lowest BCUT2D eigenvalue weighted by atomic mass is 9.96. The first kappa shape index (κ1) is 12.4. The predicted molar refractivity (Wildman–Crippen MR) is 51.7 cm³/mol. The fraction of sp³-hybridized carbons (Fsp3) is 0.900. The normalized spacial score (nSPS) is 15.8. The van der Waals surface area contributed by atoms with E-state index < -0.39 is 11.6 Å². The Morgan fingerprint density at radius 2 is 2.08 bits per heavy atom. The van der Waals surface area contributed by atoms with E-state index in [1.807, 2.05) is 0 Å². The quantitative estimate of drug-likeness (QED) is 0.695. The average Bonchev–Trinajstić information content (AvgIpc) is 2.03. The Bertz CT molecular complexity index is 166. The summed E-state index contributed by atoms with van der Waals surface area (Å²) in [6.07, 6.45) is 2.53. The molecule has 0 fully saturated rings. The van der Waals surface area contributed by atoms with Crippen molar-refractivity contribution in [2.24, 2.45) is 5.92 Å². The van der Waals surface area contributed by atoms with Crippen LogP contribution in [0.1, 0.15) is 40.0 Å². The summed E-state index contributed by atoms with van der Waals surface area (Å²) < 4.78 is 4.98. The van der Waals surface area contributed by atoms with Gasteiger partial charge < -0.3 is 9.84 Å². The van der Waals surface area contributed by atoms with Gasteiger partial charge in [0, 0.05) is 7.11 Å². The molecule has 78 valence electrons. The number of hydrogen-bond acceptors (Lipinski definition) is 2. The monoisotopic (exact) mass is 188 g/mol. The first-order chi connectivity index (χ1) is 5.92. The molecule has 1 N–H and O–H groups in total. The number of carbonyl (C=O) groups is 1. The van der Waals surface area contributed by atoms with Crippen molar-refractivity contribution in [2.75, 3.05) is 7.11 Å². The second-order valence-corrected chi connectivity index (χ2v) is 4.03. The molecule has 0 spiro atoms. The molecule has 0 aliphatic rings. The Hall–Kier alpha value is -0.570. The molecule has 0 saturated carbocycles. The number of aliphatic carboxylic acids is 1. The second-order valence-electron chi connectivity index (χ2n) is 4.03. The second kappa shape index (κ2) is 5.22. The van der Waals surface area contributed by atoms with Gasteiger partial charge in [0.2, 0.25) is 0 Å². The summed E-state index contributed by atoms with van der Waals surface area (Å²) in [5.74, 6) is -0.256. The van der Waals surface area contributed by atoms with Gasteiger partial charge in [-0.25, -0.2) is 4.79 Å². The van der Waals surface area contributed by atoms with Crippen LogP contribution in [0.2, 0.25) is 0 Å². The summed E-state index contributed by atoms with van der Waals surface area (Å²) in [7, 11) is 1.45. The maximum absolute atomic E-state index is 10.8. The van der Waals surface area contributed by atoms with Crippen molar-refractivity contribution in [3.8, 4) is 0 Å². The lowest BCUT2D eigenvalue weighted by Crippen LogP contribution is -2.37. The number of ether oxygens (including phenoxy) is 1. The van der Waals surface area contributed by atoms with E-state index in [-0.39, 0.29) is 0 Å². The van der Waals surface area contributed by atoms with Crippen LogP contribution in [-0.4, -0.2) is 23.8 Å². The summed E-state index contributed by atoms with van der Waals surface area (Å²) in [5.41, 5.74) is -1.01. The number of methoxy groups -OCH3 is 1. The van der Waals surface area contributed by atoms with Crippen LogP contribution < -0.4 is 0 Å². The van der Waals surface area contributed by atoms with E-state index in [0.717, 1.165) is 12.8 Å². The minimum atomic E-state index is -1.01. The fourth-order valence-corrected chi connectivity index (χ4v) is 1.14. The zero-order valence-electron chi connectivity index (χ0n) is 8.96. The van der Waals surface area contributed by atoms with E-state index in [4.69, 9.17) is 9.84 Å². The summed E-state index contributed by atoms with van der Waals surface area (Å²) in [6.45, 7) is 5.88. The highest BCUT2D eigenvalue weighted by molar-refractivity contribution is 5.76. The van der Waals surface area contributed by atoms with Crippen molar-refractivity contribution in [2.45, 2.75) is 45.6 Å². The van der Waals surface area contributed by atoms with Gasteiger partial charge in [0.15, 0.2) is 5.60 Å². The van der Waals surface area contributed by atoms with Crippen LogP contribution in [-0.2, 0) is 9.53 Å². The molecular formula is C10H20O3. The van der Waals surface area contributed by atoms with Gasteiger partial charge in [0.05, 0.1) is 0 Å². The molecule has 3 heteroatoms. The highest BCUT2D eigenvalue weighted by Gasteiger charge is 2.31. The Morgan fingerprint density at radius 1 is 1.54 bits per heavy atom. The zero-order valence-corrected chi connectivity index (χ0v) is 8.96. The standard InChI is InChI=1S/C10H20O3/c1-8(2)6-5-7-10(3,13-4)9(11)12/h8H,5-7H2,1-4H3,(H,11,12)/t10-/m0/s1. The molecule has 0 aromatic rings. The van der Waals surface area contributed by atoms with Crippen molar-refractivity contribution >= 4 is 5.97 Å². The molecule has 0 aromatic carbocycles. The van der Waals surface area contributed by atoms with Gasteiger partial charge in [0.1, 0.15) is 0 Å². The summed E-state index contributed by atoms with van der Waals surface area (Å²) in [5, 5.41) is 8.87.